The van der Waals surface area contributed by atoms with Crippen molar-refractivity contribution in [1.82, 2.24) is 19.7 Å². The summed E-state index contributed by atoms with van der Waals surface area (Å²) >= 11 is 5.92. The molecule has 0 unspecified atom stereocenters. The van der Waals surface area contributed by atoms with Crippen LogP contribution < -0.4 is 0 Å². The lowest BCUT2D eigenvalue weighted by molar-refractivity contribution is 0.0705. The number of piperidine rings is 1. The summed E-state index contributed by atoms with van der Waals surface area (Å²) in [4.78, 5) is 18.4. The molecule has 3 rings (SSSR count). The Bertz CT molecular complexity index is 647. The van der Waals surface area contributed by atoms with Crippen molar-refractivity contribution in [3.63, 3.8) is 0 Å². The zero-order chi connectivity index (χ0) is 14.8. The molecule has 0 saturated carbocycles. The Balaban J connectivity index is 1.66. The number of halogens is 1. The molecule has 2 aromatic rings. The van der Waals surface area contributed by atoms with Crippen molar-refractivity contribution < 1.29 is 4.79 Å². The molecule has 3 heterocycles. The van der Waals surface area contributed by atoms with Gasteiger partial charge < -0.3 is 4.90 Å². The minimum atomic E-state index is -0.0408. The van der Waals surface area contributed by atoms with Crippen LogP contribution in [-0.4, -0.2) is 38.7 Å². The minimum Gasteiger partial charge on any atom is -0.337 e. The quantitative estimate of drug-likeness (QED) is 0.856. The lowest BCUT2D eigenvalue weighted by Crippen LogP contribution is -2.38. The first-order valence-electron chi connectivity index (χ1n) is 7.04. The lowest BCUT2D eigenvalue weighted by atomic mass is 9.93. The maximum absolute atomic E-state index is 12.4. The van der Waals surface area contributed by atoms with Crippen molar-refractivity contribution in [2.24, 2.45) is 7.05 Å². The van der Waals surface area contributed by atoms with Gasteiger partial charge in [0.05, 0.1) is 0 Å². The molecular formula is C15H17ClN4O. The van der Waals surface area contributed by atoms with Crippen molar-refractivity contribution >= 4 is 17.5 Å². The summed E-state index contributed by atoms with van der Waals surface area (Å²) in [7, 11) is 1.96. The van der Waals surface area contributed by atoms with Gasteiger partial charge in [-0.2, -0.15) is 5.10 Å². The van der Waals surface area contributed by atoms with E-state index in [1.807, 2.05) is 22.8 Å². The SMILES string of the molecule is Cn1nccc1C1CCN(C(=O)c2cc(Cl)ccn2)CC1. The molecule has 1 aliphatic heterocycles. The van der Waals surface area contributed by atoms with E-state index in [-0.39, 0.29) is 5.91 Å². The van der Waals surface area contributed by atoms with Crippen LogP contribution >= 0.6 is 11.6 Å². The van der Waals surface area contributed by atoms with Gasteiger partial charge in [-0.15, -0.1) is 0 Å². The van der Waals surface area contributed by atoms with E-state index in [1.165, 1.54) is 5.69 Å². The Morgan fingerprint density at radius 1 is 1.29 bits per heavy atom. The standard InChI is InChI=1S/C15H17ClN4O/c1-19-14(3-7-18-19)11-4-8-20(9-5-11)15(21)13-10-12(16)2-6-17-13/h2-3,6-7,10-11H,4-5,8-9H2,1H3. The number of aromatic nitrogens is 3. The predicted molar refractivity (Wildman–Crippen MR) is 80.3 cm³/mol. The highest BCUT2D eigenvalue weighted by Crippen LogP contribution is 2.28. The largest absolute Gasteiger partial charge is 0.337 e. The highest BCUT2D eigenvalue weighted by atomic mass is 35.5. The molecule has 1 saturated heterocycles. The van der Waals surface area contributed by atoms with Crippen molar-refractivity contribution in [2.45, 2.75) is 18.8 Å². The second-order valence-corrected chi connectivity index (χ2v) is 5.74. The molecule has 1 aliphatic rings. The molecule has 1 fully saturated rings. The average Bonchev–Trinajstić information content (AvgIpc) is 2.93. The number of carbonyl (C=O) groups excluding carboxylic acids is 1. The maximum atomic E-state index is 12.4. The maximum Gasteiger partial charge on any atom is 0.272 e. The summed E-state index contributed by atoms with van der Waals surface area (Å²) in [5.41, 5.74) is 1.66. The molecule has 110 valence electrons. The second kappa shape index (κ2) is 5.85. The monoisotopic (exact) mass is 304 g/mol. The zero-order valence-electron chi connectivity index (χ0n) is 11.9. The number of amides is 1. The van der Waals surface area contributed by atoms with Crippen LogP contribution in [0.2, 0.25) is 5.02 Å². The normalized spacial score (nSPS) is 16.2. The summed E-state index contributed by atoms with van der Waals surface area (Å²) in [6.07, 6.45) is 5.29. The van der Waals surface area contributed by atoms with Crippen molar-refractivity contribution in [2.75, 3.05) is 13.1 Å². The van der Waals surface area contributed by atoms with Gasteiger partial charge >= 0.3 is 0 Å². The van der Waals surface area contributed by atoms with Crippen LogP contribution in [0.1, 0.15) is 34.9 Å². The van der Waals surface area contributed by atoms with E-state index in [1.54, 1.807) is 18.3 Å². The Hall–Kier alpha value is -1.88. The van der Waals surface area contributed by atoms with Gasteiger partial charge in [0.15, 0.2) is 0 Å². The first-order chi connectivity index (χ1) is 10.1. The number of carbonyl (C=O) groups is 1. The van der Waals surface area contributed by atoms with Crippen molar-refractivity contribution in [3.05, 3.63) is 47.0 Å². The molecule has 5 nitrogen and oxygen atoms in total. The van der Waals surface area contributed by atoms with Gasteiger partial charge in [0.1, 0.15) is 5.69 Å². The molecule has 21 heavy (non-hydrogen) atoms. The molecule has 0 spiro atoms. The van der Waals surface area contributed by atoms with Gasteiger partial charge in [0, 0.05) is 49.2 Å². The van der Waals surface area contributed by atoms with Crippen molar-refractivity contribution in [3.8, 4) is 0 Å². The van der Waals surface area contributed by atoms with Crippen molar-refractivity contribution in [1.29, 1.82) is 0 Å². The number of pyridine rings is 1. The molecule has 0 N–H and O–H groups in total. The summed E-state index contributed by atoms with van der Waals surface area (Å²) in [5, 5.41) is 4.75. The van der Waals surface area contributed by atoms with E-state index >= 15 is 0 Å². The fourth-order valence-electron chi connectivity index (χ4n) is 2.85. The summed E-state index contributed by atoms with van der Waals surface area (Å²) in [6, 6.07) is 5.35. The summed E-state index contributed by atoms with van der Waals surface area (Å²) in [5.74, 6) is 0.426. The van der Waals surface area contributed by atoms with Gasteiger partial charge in [-0.05, 0) is 31.0 Å². The fourth-order valence-corrected chi connectivity index (χ4v) is 3.01. The smallest absolute Gasteiger partial charge is 0.272 e. The zero-order valence-corrected chi connectivity index (χ0v) is 12.6. The third kappa shape index (κ3) is 2.93. The molecule has 0 aromatic carbocycles. The number of hydrogen-bond donors (Lipinski definition) is 0. The lowest BCUT2D eigenvalue weighted by Gasteiger charge is -2.31. The average molecular weight is 305 g/mol. The Morgan fingerprint density at radius 2 is 2.05 bits per heavy atom. The van der Waals surface area contributed by atoms with Crippen LogP contribution in [0.3, 0.4) is 0 Å². The van der Waals surface area contributed by atoms with E-state index in [2.05, 4.69) is 16.1 Å². The molecule has 0 bridgehead atoms. The number of nitrogens with zero attached hydrogens (tertiary/aromatic N) is 4. The minimum absolute atomic E-state index is 0.0408. The van der Waals surface area contributed by atoms with Gasteiger partial charge in [-0.25, -0.2) is 0 Å². The van der Waals surface area contributed by atoms with Gasteiger partial charge in [0.2, 0.25) is 0 Å². The number of aryl methyl sites for hydroxylation is 1. The molecule has 0 aliphatic carbocycles. The van der Waals surface area contributed by atoms with E-state index in [0.717, 1.165) is 25.9 Å². The van der Waals surface area contributed by atoms with Crippen LogP contribution in [0, 0.1) is 0 Å². The molecular weight excluding hydrogens is 288 g/mol. The number of hydrogen-bond acceptors (Lipinski definition) is 3. The summed E-state index contributed by atoms with van der Waals surface area (Å²) < 4.78 is 1.92. The van der Waals surface area contributed by atoms with Gasteiger partial charge in [-0.3, -0.25) is 14.5 Å². The van der Waals surface area contributed by atoms with E-state index in [0.29, 0.717) is 16.6 Å². The first-order valence-corrected chi connectivity index (χ1v) is 7.41. The molecule has 1 amide bonds. The third-order valence-electron chi connectivity index (χ3n) is 4.00. The first kappa shape index (κ1) is 14.1. The Kier molecular flexibility index (Phi) is 3.92. The number of rotatable bonds is 2. The van der Waals surface area contributed by atoms with Crippen LogP contribution in [0.4, 0.5) is 0 Å². The van der Waals surface area contributed by atoms with Crippen LogP contribution in [0.15, 0.2) is 30.6 Å². The van der Waals surface area contributed by atoms with Crippen LogP contribution in [0.5, 0.6) is 0 Å². The predicted octanol–water partition coefficient (Wildman–Crippen LogP) is 2.49. The number of likely N-dealkylation sites (tertiary alicyclic amines) is 1. The highest BCUT2D eigenvalue weighted by molar-refractivity contribution is 6.30. The van der Waals surface area contributed by atoms with Gasteiger partial charge in [-0.1, -0.05) is 11.6 Å². The molecule has 6 heteroatoms. The molecule has 0 radical (unpaired) electrons. The molecule has 2 aromatic heterocycles. The second-order valence-electron chi connectivity index (χ2n) is 5.31. The highest BCUT2D eigenvalue weighted by Gasteiger charge is 2.26. The Morgan fingerprint density at radius 3 is 2.67 bits per heavy atom. The topological polar surface area (TPSA) is 51.0 Å². The Labute approximate surface area is 128 Å². The van der Waals surface area contributed by atoms with E-state index in [9.17, 15) is 4.79 Å². The van der Waals surface area contributed by atoms with Crippen LogP contribution in [-0.2, 0) is 7.05 Å². The van der Waals surface area contributed by atoms with E-state index < -0.39 is 0 Å². The molecule has 0 atom stereocenters. The summed E-state index contributed by atoms with van der Waals surface area (Å²) in [6.45, 7) is 1.48. The van der Waals surface area contributed by atoms with Crippen LogP contribution in [0.25, 0.3) is 0 Å². The van der Waals surface area contributed by atoms with E-state index in [4.69, 9.17) is 11.6 Å². The third-order valence-corrected chi connectivity index (χ3v) is 4.24. The van der Waals surface area contributed by atoms with Gasteiger partial charge in [0.25, 0.3) is 5.91 Å². The fraction of sp³-hybridized carbons (Fsp3) is 0.400.